The smallest absolute Gasteiger partial charge is 0.200 e. The maximum atomic E-state index is 9.95. The molecule has 2 rings (SSSR count). The van der Waals surface area contributed by atoms with Crippen LogP contribution in [0.15, 0.2) is 18.5 Å². The van der Waals surface area contributed by atoms with Crippen molar-refractivity contribution in [2.75, 3.05) is 33.3 Å². The predicted molar refractivity (Wildman–Crippen MR) is 97.1 cm³/mol. The summed E-state index contributed by atoms with van der Waals surface area (Å²) < 4.78 is 21.2. The van der Waals surface area contributed by atoms with Gasteiger partial charge in [-0.1, -0.05) is 11.6 Å². The summed E-state index contributed by atoms with van der Waals surface area (Å²) in [6, 6.07) is 3.51. The maximum Gasteiger partial charge on any atom is 0.200 e. The van der Waals surface area contributed by atoms with Crippen molar-refractivity contribution >= 4 is 17.4 Å². The monoisotopic (exact) mass is 383 g/mol. The molecule has 26 heavy (non-hydrogen) atoms. The van der Waals surface area contributed by atoms with Gasteiger partial charge in [0.2, 0.25) is 0 Å². The number of methoxy groups -OCH3 is 3. The quantitative estimate of drug-likeness (QED) is 0.638. The topological polar surface area (TPSA) is 95.0 Å². The van der Waals surface area contributed by atoms with Crippen LogP contribution in [0.1, 0.15) is 24.5 Å². The molecule has 0 spiro atoms. The number of nitrogens with one attached hydrogen (secondary N) is 1. The van der Waals surface area contributed by atoms with E-state index < -0.39 is 6.29 Å². The normalized spacial score (nSPS) is 11.8. The van der Waals surface area contributed by atoms with Crippen LogP contribution in [0.4, 0.5) is 5.82 Å². The Hall–Kier alpha value is -2.29. The molecule has 0 aliphatic carbocycles. The van der Waals surface area contributed by atoms with Gasteiger partial charge in [-0.15, -0.1) is 0 Å². The fourth-order valence-corrected chi connectivity index (χ4v) is 2.60. The van der Waals surface area contributed by atoms with Crippen molar-refractivity contribution in [2.45, 2.75) is 19.8 Å². The zero-order valence-electron chi connectivity index (χ0n) is 15.1. The van der Waals surface area contributed by atoms with Gasteiger partial charge < -0.3 is 29.4 Å². The van der Waals surface area contributed by atoms with Crippen molar-refractivity contribution in [3.63, 3.8) is 0 Å². The standard InChI is InChI=1S/C17H22ClN3O5/c1-5-26-17(22)15-14(18)16(21-9-20-15)19-8-11-12(24-3)6-10(23-2)7-13(11)25-4/h6-7,9,17,22H,5,8H2,1-4H3,(H,19,20,21). The van der Waals surface area contributed by atoms with Gasteiger partial charge in [0.05, 0.1) is 26.9 Å². The number of halogens is 1. The maximum absolute atomic E-state index is 9.95. The van der Waals surface area contributed by atoms with Crippen molar-refractivity contribution in [2.24, 2.45) is 0 Å². The largest absolute Gasteiger partial charge is 0.496 e. The molecule has 0 amide bonds. The van der Waals surface area contributed by atoms with E-state index >= 15 is 0 Å². The Bertz CT molecular complexity index is 719. The van der Waals surface area contributed by atoms with Crippen LogP contribution in [0.3, 0.4) is 0 Å². The molecule has 142 valence electrons. The molecule has 0 saturated carbocycles. The second-order valence-electron chi connectivity index (χ2n) is 5.09. The molecule has 8 nitrogen and oxygen atoms in total. The minimum absolute atomic E-state index is 0.180. The lowest BCUT2D eigenvalue weighted by molar-refractivity contribution is -0.101. The van der Waals surface area contributed by atoms with Crippen LogP contribution in [0, 0.1) is 0 Å². The van der Waals surface area contributed by atoms with Gasteiger partial charge >= 0.3 is 0 Å². The number of aromatic nitrogens is 2. The minimum atomic E-state index is -1.22. The van der Waals surface area contributed by atoms with Gasteiger partial charge in [0.25, 0.3) is 0 Å². The van der Waals surface area contributed by atoms with E-state index in [9.17, 15) is 5.11 Å². The number of ether oxygens (including phenoxy) is 4. The van der Waals surface area contributed by atoms with Crippen LogP contribution in [0.2, 0.25) is 5.02 Å². The molecule has 1 aromatic carbocycles. The summed E-state index contributed by atoms with van der Waals surface area (Å²) in [5.41, 5.74) is 0.956. The van der Waals surface area contributed by atoms with Gasteiger partial charge in [0.1, 0.15) is 40.1 Å². The highest BCUT2D eigenvalue weighted by atomic mass is 35.5. The highest BCUT2D eigenvalue weighted by molar-refractivity contribution is 6.33. The molecular formula is C17H22ClN3O5. The number of anilines is 1. The lowest BCUT2D eigenvalue weighted by Crippen LogP contribution is -2.10. The second kappa shape index (κ2) is 9.42. The number of nitrogens with zero attached hydrogens (tertiary/aromatic N) is 2. The van der Waals surface area contributed by atoms with Crippen LogP contribution < -0.4 is 19.5 Å². The van der Waals surface area contributed by atoms with Crippen molar-refractivity contribution in [1.82, 2.24) is 9.97 Å². The fourth-order valence-electron chi connectivity index (χ4n) is 2.34. The van der Waals surface area contributed by atoms with E-state index in [1.165, 1.54) is 6.33 Å². The summed E-state index contributed by atoms with van der Waals surface area (Å²) >= 11 is 6.29. The fraction of sp³-hybridized carbons (Fsp3) is 0.412. The van der Waals surface area contributed by atoms with E-state index in [4.69, 9.17) is 30.5 Å². The van der Waals surface area contributed by atoms with E-state index in [-0.39, 0.29) is 10.7 Å². The molecule has 0 fully saturated rings. The molecule has 0 aliphatic rings. The number of hydrogen-bond acceptors (Lipinski definition) is 8. The van der Waals surface area contributed by atoms with Crippen molar-refractivity contribution in [1.29, 1.82) is 0 Å². The number of aliphatic hydroxyl groups excluding tert-OH is 1. The number of rotatable bonds is 9. The molecule has 0 saturated heterocycles. The van der Waals surface area contributed by atoms with E-state index in [0.717, 1.165) is 5.56 Å². The molecule has 0 radical (unpaired) electrons. The van der Waals surface area contributed by atoms with Crippen LogP contribution in [0.25, 0.3) is 0 Å². The Kier molecular flexibility index (Phi) is 7.26. The predicted octanol–water partition coefficient (Wildman–Crippen LogP) is 2.80. The molecule has 0 bridgehead atoms. The van der Waals surface area contributed by atoms with Crippen LogP contribution >= 0.6 is 11.6 Å². The third kappa shape index (κ3) is 4.46. The molecule has 0 aliphatic heterocycles. The summed E-state index contributed by atoms with van der Waals surface area (Å²) in [5.74, 6) is 2.15. The van der Waals surface area contributed by atoms with Crippen molar-refractivity contribution in [3.05, 3.63) is 34.7 Å². The van der Waals surface area contributed by atoms with Gasteiger partial charge in [0, 0.05) is 25.3 Å². The highest BCUT2D eigenvalue weighted by Crippen LogP contribution is 2.35. The third-order valence-corrected chi connectivity index (χ3v) is 4.00. The summed E-state index contributed by atoms with van der Waals surface area (Å²) in [6.07, 6.45) is 0.0787. The first-order valence-corrected chi connectivity index (χ1v) is 8.26. The molecular weight excluding hydrogens is 362 g/mol. The van der Waals surface area contributed by atoms with Gasteiger partial charge in [-0.3, -0.25) is 0 Å². The Morgan fingerprint density at radius 3 is 2.31 bits per heavy atom. The summed E-state index contributed by atoms with van der Waals surface area (Å²) in [7, 11) is 4.69. The Balaban J connectivity index is 2.28. The van der Waals surface area contributed by atoms with Crippen LogP contribution in [-0.4, -0.2) is 43.0 Å². The van der Waals surface area contributed by atoms with E-state index in [2.05, 4.69) is 15.3 Å². The lowest BCUT2D eigenvalue weighted by atomic mass is 10.1. The minimum Gasteiger partial charge on any atom is -0.496 e. The van der Waals surface area contributed by atoms with Crippen LogP contribution in [-0.2, 0) is 11.3 Å². The Morgan fingerprint density at radius 1 is 1.12 bits per heavy atom. The van der Waals surface area contributed by atoms with Gasteiger partial charge in [-0.2, -0.15) is 0 Å². The molecule has 1 heterocycles. The summed E-state index contributed by atoms with van der Waals surface area (Å²) in [6.45, 7) is 2.40. The van der Waals surface area contributed by atoms with Gasteiger partial charge in [-0.25, -0.2) is 9.97 Å². The first kappa shape index (κ1) is 20.0. The number of aliphatic hydroxyl groups is 1. The zero-order valence-corrected chi connectivity index (χ0v) is 15.8. The van der Waals surface area contributed by atoms with E-state index in [0.29, 0.717) is 36.2 Å². The highest BCUT2D eigenvalue weighted by Gasteiger charge is 2.18. The number of hydrogen-bond donors (Lipinski definition) is 2. The SMILES string of the molecule is CCOC(O)c1ncnc(NCc2c(OC)cc(OC)cc2OC)c1Cl. The third-order valence-electron chi connectivity index (χ3n) is 3.62. The van der Waals surface area contributed by atoms with Gasteiger partial charge in [0.15, 0.2) is 6.29 Å². The van der Waals surface area contributed by atoms with Crippen molar-refractivity contribution < 1.29 is 24.1 Å². The zero-order chi connectivity index (χ0) is 19.1. The summed E-state index contributed by atoms with van der Waals surface area (Å²) in [4.78, 5) is 8.09. The molecule has 2 N–H and O–H groups in total. The molecule has 9 heteroatoms. The average Bonchev–Trinajstić information content (AvgIpc) is 2.66. The molecule has 1 unspecified atom stereocenters. The average molecular weight is 384 g/mol. The molecule has 1 atom stereocenters. The molecule has 2 aromatic rings. The van der Waals surface area contributed by atoms with E-state index in [1.54, 1.807) is 40.4 Å². The van der Waals surface area contributed by atoms with E-state index in [1.807, 2.05) is 0 Å². The summed E-state index contributed by atoms with van der Waals surface area (Å²) in [5, 5.41) is 13.2. The number of benzene rings is 1. The van der Waals surface area contributed by atoms with Gasteiger partial charge in [-0.05, 0) is 6.92 Å². The second-order valence-corrected chi connectivity index (χ2v) is 5.47. The lowest BCUT2D eigenvalue weighted by Gasteiger charge is -2.17. The van der Waals surface area contributed by atoms with Crippen molar-refractivity contribution in [3.8, 4) is 17.2 Å². The molecule has 1 aromatic heterocycles. The van der Waals surface area contributed by atoms with Crippen LogP contribution in [0.5, 0.6) is 17.2 Å². The first-order valence-electron chi connectivity index (χ1n) is 7.88. The Labute approximate surface area is 157 Å². The Morgan fingerprint density at radius 2 is 1.77 bits per heavy atom. The first-order chi connectivity index (χ1) is 12.5.